The lowest BCUT2D eigenvalue weighted by Crippen LogP contribution is -2.46. The van der Waals surface area contributed by atoms with Gasteiger partial charge in [-0.15, -0.1) is 0 Å². The smallest absolute Gasteiger partial charge is 0.293 e. The Labute approximate surface area is 152 Å². The molecule has 0 saturated carbocycles. The first-order valence-electron chi connectivity index (χ1n) is 7.90. The van der Waals surface area contributed by atoms with Gasteiger partial charge in [0.05, 0.1) is 33.7 Å². The van der Waals surface area contributed by atoms with Crippen molar-refractivity contribution in [3.05, 3.63) is 48.5 Å². The Kier molecular flexibility index (Phi) is 5.13. The fourth-order valence-electron chi connectivity index (χ4n) is 2.54. The van der Waals surface area contributed by atoms with Crippen molar-refractivity contribution in [2.75, 3.05) is 17.2 Å². The van der Waals surface area contributed by atoms with Gasteiger partial charge in [-0.3, -0.25) is 18.6 Å². The fraction of sp³-hybridized carbons (Fsp3) is 0.167. The molecule has 0 spiro atoms. The Morgan fingerprint density at radius 1 is 1.15 bits per heavy atom. The van der Waals surface area contributed by atoms with Gasteiger partial charge < -0.3 is 15.4 Å². The predicted molar refractivity (Wildman–Crippen MR) is 96.5 cm³/mol. The van der Waals surface area contributed by atoms with Crippen LogP contribution >= 0.6 is 0 Å². The van der Waals surface area contributed by atoms with E-state index in [1.165, 1.54) is 0 Å². The molecule has 7 nitrogen and oxygen atoms in total. The van der Waals surface area contributed by atoms with Crippen LogP contribution in [0.5, 0.6) is 5.75 Å². The first-order chi connectivity index (χ1) is 12.5. The van der Waals surface area contributed by atoms with Gasteiger partial charge in [0.1, 0.15) is 5.75 Å². The van der Waals surface area contributed by atoms with Crippen LogP contribution < -0.4 is 15.4 Å². The Morgan fingerprint density at radius 3 is 2.62 bits per heavy atom. The molecule has 0 fully saturated rings. The predicted octanol–water partition coefficient (Wildman–Crippen LogP) is 1.72. The molecule has 1 aliphatic heterocycles. The highest BCUT2D eigenvalue weighted by Crippen LogP contribution is 2.28. The molecule has 0 saturated heterocycles. The van der Waals surface area contributed by atoms with Crippen LogP contribution in [0.2, 0.25) is 0 Å². The lowest BCUT2D eigenvalue weighted by Gasteiger charge is -2.22. The number of Topliss-reactive ketones (excluding diaryl/α,β-unsaturated/α-hetero) is 1. The number of ketones is 1. The third kappa shape index (κ3) is 3.36. The molecular weight excluding hydrogens is 356 g/mol. The summed E-state index contributed by atoms with van der Waals surface area (Å²) in [7, 11) is -1.95. The number of hydrogen-bond donors (Lipinski definition) is 2. The van der Waals surface area contributed by atoms with E-state index >= 15 is 0 Å². The molecule has 8 heteroatoms. The van der Waals surface area contributed by atoms with E-state index in [-0.39, 0.29) is 0 Å². The van der Waals surface area contributed by atoms with Gasteiger partial charge in [0.15, 0.2) is 5.25 Å². The van der Waals surface area contributed by atoms with Crippen molar-refractivity contribution in [2.24, 2.45) is 0 Å². The van der Waals surface area contributed by atoms with Gasteiger partial charge in [0, 0.05) is 0 Å². The summed E-state index contributed by atoms with van der Waals surface area (Å²) in [5, 5.41) is 3.35. The van der Waals surface area contributed by atoms with Crippen molar-refractivity contribution in [3.8, 4) is 5.75 Å². The largest absolute Gasteiger partial charge is 0.492 e. The second-order valence-corrected chi connectivity index (χ2v) is 6.92. The number of hydrogen-bond acceptors (Lipinski definition) is 5. The molecule has 2 aromatic carbocycles. The Hall–Kier alpha value is -3.00. The van der Waals surface area contributed by atoms with E-state index < -0.39 is 33.6 Å². The second-order valence-electron chi connectivity index (χ2n) is 5.41. The molecule has 1 heterocycles. The molecule has 2 unspecified atom stereocenters. The van der Waals surface area contributed by atoms with Crippen molar-refractivity contribution in [2.45, 2.75) is 17.1 Å². The highest BCUT2D eigenvalue weighted by atomic mass is 32.2. The molecule has 3 rings (SSSR count). The molecule has 0 aromatic heterocycles. The number of fused-ring (bicyclic) bond motifs is 1. The highest BCUT2D eigenvalue weighted by Gasteiger charge is 2.41. The number of rotatable bonds is 5. The number of ether oxygens (including phenoxy) is 1. The van der Waals surface area contributed by atoms with Gasteiger partial charge in [-0.2, -0.15) is 0 Å². The molecule has 134 valence electrons. The van der Waals surface area contributed by atoms with Crippen molar-refractivity contribution in [1.82, 2.24) is 0 Å². The van der Waals surface area contributed by atoms with Crippen LogP contribution in [0.4, 0.5) is 11.4 Å². The van der Waals surface area contributed by atoms with E-state index in [0.29, 0.717) is 28.6 Å². The summed E-state index contributed by atoms with van der Waals surface area (Å²) in [6.45, 7) is 2.17. The zero-order valence-corrected chi connectivity index (χ0v) is 14.7. The van der Waals surface area contributed by atoms with E-state index in [4.69, 9.17) is 4.74 Å². The maximum absolute atomic E-state index is 12.6. The van der Waals surface area contributed by atoms with Crippen molar-refractivity contribution in [1.29, 1.82) is 0 Å². The number of carbonyl (C=O) groups is 3. The zero-order valence-electron chi connectivity index (χ0n) is 13.9. The maximum atomic E-state index is 12.6. The molecule has 2 atom stereocenters. The quantitative estimate of drug-likeness (QED) is 0.615. The number of amides is 2. The first-order valence-corrected chi connectivity index (χ1v) is 9.11. The lowest BCUT2D eigenvalue weighted by atomic mass is 10.2. The Morgan fingerprint density at radius 2 is 1.85 bits per heavy atom. The van der Waals surface area contributed by atoms with Crippen LogP contribution in [0.25, 0.3) is 0 Å². The van der Waals surface area contributed by atoms with Crippen LogP contribution in [-0.4, -0.2) is 33.7 Å². The number of benzene rings is 2. The van der Waals surface area contributed by atoms with E-state index in [0.717, 1.165) is 0 Å². The minimum absolute atomic E-state index is 0.301. The van der Waals surface area contributed by atoms with Crippen molar-refractivity contribution >= 4 is 39.8 Å². The minimum atomic E-state index is -1.95. The summed E-state index contributed by atoms with van der Waals surface area (Å²) in [4.78, 5) is 37.4. The SMILES string of the molecule is CCOc1ccccc1NC(=O)C(=O)C1C(=O)Nc2ccccc2S1=O. The Bertz CT molecular complexity index is 912. The average molecular weight is 372 g/mol. The molecule has 0 bridgehead atoms. The molecule has 2 amide bonds. The second kappa shape index (κ2) is 7.49. The Balaban J connectivity index is 1.82. The zero-order chi connectivity index (χ0) is 18.7. The maximum Gasteiger partial charge on any atom is 0.293 e. The number of nitrogens with one attached hydrogen (secondary N) is 2. The van der Waals surface area contributed by atoms with Crippen LogP contribution in [0.3, 0.4) is 0 Å². The van der Waals surface area contributed by atoms with E-state index in [2.05, 4.69) is 10.6 Å². The summed E-state index contributed by atoms with van der Waals surface area (Å²) in [5.74, 6) is -2.46. The number of anilines is 2. The summed E-state index contributed by atoms with van der Waals surface area (Å²) in [6, 6.07) is 13.1. The van der Waals surface area contributed by atoms with E-state index in [1.807, 2.05) is 0 Å². The normalized spacial score (nSPS) is 18.4. The standard InChI is InChI=1S/C18H16N2O5S/c1-2-25-13-9-5-3-7-11(13)19-17(22)15(21)16-18(23)20-12-8-4-6-10-14(12)26(16)24/h3-10,16H,2H2,1H3,(H,19,22)(H,20,23). The molecule has 0 aliphatic carbocycles. The molecule has 26 heavy (non-hydrogen) atoms. The van der Waals surface area contributed by atoms with Gasteiger partial charge in [-0.05, 0) is 31.2 Å². The molecule has 2 aromatic rings. The van der Waals surface area contributed by atoms with Crippen LogP contribution in [-0.2, 0) is 25.2 Å². The van der Waals surface area contributed by atoms with Gasteiger partial charge >= 0.3 is 0 Å². The summed E-state index contributed by atoms with van der Waals surface area (Å²) in [6.07, 6.45) is 0. The number of carbonyl (C=O) groups excluding carboxylic acids is 3. The van der Waals surface area contributed by atoms with Crippen LogP contribution in [0.1, 0.15) is 6.92 Å². The summed E-state index contributed by atoms with van der Waals surface area (Å²) >= 11 is 0. The third-order valence-corrected chi connectivity index (χ3v) is 5.36. The number of para-hydroxylation sites is 3. The summed E-state index contributed by atoms with van der Waals surface area (Å²) < 4.78 is 18.0. The lowest BCUT2D eigenvalue weighted by molar-refractivity contribution is -0.136. The molecule has 0 radical (unpaired) electrons. The first kappa shape index (κ1) is 17.8. The van der Waals surface area contributed by atoms with Crippen molar-refractivity contribution < 1.29 is 23.3 Å². The van der Waals surface area contributed by atoms with Crippen LogP contribution in [0.15, 0.2) is 53.4 Å². The van der Waals surface area contributed by atoms with Crippen molar-refractivity contribution in [3.63, 3.8) is 0 Å². The fourth-order valence-corrected chi connectivity index (χ4v) is 3.90. The van der Waals surface area contributed by atoms with E-state index in [1.54, 1.807) is 55.5 Å². The summed E-state index contributed by atoms with van der Waals surface area (Å²) in [5.41, 5.74) is 0.678. The van der Waals surface area contributed by atoms with Gasteiger partial charge in [0.2, 0.25) is 11.7 Å². The molecule has 1 aliphatic rings. The average Bonchev–Trinajstić information content (AvgIpc) is 2.63. The van der Waals surface area contributed by atoms with Gasteiger partial charge in [-0.1, -0.05) is 24.3 Å². The molecular formula is C18H16N2O5S. The van der Waals surface area contributed by atoms with Crippen LogP contribution in [0, 0.1) is 0 Å². The highest BCUT2D eigenvalue weighted by molar-refractivity contribution is 7.87. The third-order valence-electron chi connectivity index (χ3n) is 3.71. The van der Waals surface area contributed by atoms with E-state index in [9.17, 15) is 18.6 Å². The topological polar surface area (TPSA) is 102 Å². The van der Waals surface area contributed by atoms with Gasteiger partial charge in [0.25, 0.3) is 5.91 Å². The monoisotopic (exact) mass is 372 g/mol. The van der Waals surface area contributed by atoms with Gasteiger partial charge in [-0.25, -0.2) is 0 Å². The molecule has 2 N–H and O–H groups in total. The minimum Gasteiger partial charge on any atom is -0.492 e.